The van der Waals surface area contributed by atoms with Crippen LogP contribution in [0.5, 0.6) is 0 Å². The summed E-state index contributed by atoms with van der Waals surface area (Å²) in [5.74, 6) is 0.658. The Labute approximate surface area is 122 Å². The average Bonchev–Trinajstić information content (AvgIpc) is 2.83. The summed E-state index contributed by atoms with van der Waals surface area (Å²) in [4.78, 5) is 0. The number of piperidine rings is 1. The Balaban J connectivity index is 1.91. The highest BCUT2D eigenvalue weighted by molar-refractivity contribution is 9.10. The SMILES string of the molecule is Cc1c(C2CCNCC2)cnn1-c1ccc(Br)cc1. The molecule has 4 heteroatoms. The van der Waals surface area contributed by atoms with Crippen molar-refractivity contribution >= 4 is 15.9 Å². The molecule has 3 nitrogen and oxygen atoms in total. The third-order valence-corrected chi connectivity index (χ3v) is 4.43. The Hall–Kier alpha value is -1.13. The van der Waals surface area contributed by atoms with Gasteiger partial charge in [-0.25, -0.2) is 4.68 Å². The van der Waals surface area contributed by atoms with E-state index in [2.05, 4.69) is 57.5 Å². The maximum absolute atomic E-state index is 4.57. The van der Waals surface area contributed by atoms with Crippen molar-refractivity contribution in [3.05, 3.63) is 46.2 Å². The molecule has 19 heavy (non-hydrogen) atoms. The summed E-state index contributed by atoms with van der Waals surface area (Å²) >= 11 is 3.47. The summed E-state index contributed by atoms with van der Waals surface area (Å²) in [7, 11) is 0. The van der Waals surface area contributed by atoms with Gasteiger partial charge >= 0.3 is 0 Å². The third kappa shape index (κ3) is 2.60. The van der Waals surface area contributed by atoms with Gasteiger partial charge in [-0.1, -0.05) is 15.9 Å². The predicted molar refractivity (Wildman–Crippen MR) is 80.8 cm³/mol. The summed E-state index contributed by atoms with van der Waals surface area (Å²) < 4.78 is 3.14. The second-order valence-electron chi connectivity index (χ2n) is 5.10. The van der Waals surface area contributed by atoms with Gasteiger partial charge in [0.15, 0.2) is 0 Å². The normalized spacial score (nSPS) is 16.7. The van der Waals surface area contributed by atoms with E-state index in [1.165, 1.54) is 24.1 Å². The van der Waals surface area contributed by atoms with Gasteiger partial charge in [-0.15, -0.1) is 0 Å². The van der Waals surface area contributed by atoms with Gasteiger partial charge in [-0.05, 0) is 68.6 Å². The maximum Gasteiger partial charge on any atom is 0.0649 e. The summed E-state index contributed by atoms with van der Waals surface area (Å²) in [6.45, 7) is 4.41. The zero-order valence-corrected chi connectivity index (χ0v) is 12.7. The van der Waals surface area contributed by atoms with E-state index in [0.29, 0.717) is 5.92 Å². The highest BCUT2D eigenvalue weighted by atomic mass is 79.9. The van der Waals surface area contributed by atoms with Crippen molar-refractivity contribution in [1.82, 2.24) is 15.1 Å². The quantitative estimate of drug-likeness (QED) is 0.919. The first-order chi connectivity index (χ1) is 9.25. The average molecular weight is 320 g/mol. The highest BCUT2D eigenvalue weighted by Crippen LogP contribution is 2.28. The fourth-order valence-electron chi connectivity index (χ4n) is 2.80. The largest absolute Gasteiger partial charge is 0.317 e. The topological polar surface area (TPSA) is 29.9 Å². The molecule has 0 unspecified atom stereocenters. The molecule has 0 spiro atoms. The van der Waals surface area contributed by atoms with Gasteiger partial charge in [0.25, 0.3) is 0 Å². The Morgan fingerprint density at radius 1 is 1.21 bits per heavy atom. The summed E-state index contributed by atoms with van der Waals surface area (Å²) in [6.07, 6.45) is 4.48. The lowest BCUT2D eigenvalue weighted by molar-refractivity contribution is 0.459. The van der Waals surface area contributed by atoms with Crippen LogP contribution in [0.4, 0.5) is 0 Å². The van der Waals surface area contributed by atoms with Crippen LogP contribution >= 0.6 is 15.9 Å². The van der Waals surface area contributed by atoms with E-state index >= 15 is 0 Å². The van der Waals surface area contributed by atoms with Gasteiger partial charge in [0.05, 0.1) is 11.9 Å². The standard InChI is InChI=1S/C15H18BrN3/c1-11-15(12-6-8-17-9-7-12)10-18-19(11)14-4-2-13(16)3-5-14/h2-5,10,12,17H,6-9H2,1H3. The van der Waals surface area contributed by atoms with Gasteiger partial charge < -0.3 is 5.32 Å². The van der Waals surface area contributed by atoms with Gasteiger partial charge in [0, 0.05) is 10.2 Å². The van der Waals surface area contributed by atoms with Crippen LogP contribution in [0.1, 0.15) is 30.0 Å². The lowest BCUT2D eigenvalue weighted by atomic mass is 9.91. The number of halogens is 1. The van der Waals surface area contributed by atoms with E-state index in [9.17, 15) is 0 Å². The molecule has 1 aliphatic heterocycles. The predicted octanol–water partition coefficient (Wildman–Crippen LogP) is 3.41. The molecule has 2 aromatic rings. The zero-order valence-electron chi connectivity index (χ0n) is 11.1. The lowest BCUT2D eigenvalue weighted by Gasteiger charge is -2.22. The first-order valence-corrected chi connectivity index (χ1v) is 7.56. The number of aromatic nitrogens is 2. The van der Waals surface area contributed by atoms with Crippen LogP contribution in [-0.4, -0.2) is 22.9 Å². The van der Waals surface area contributed by atoms with Gasteiger partial charge in [0.1, 0.15) is 0 Å². The number of hydrogen-bond acceptors (Lipinski definition) is 2. The van der Waals surface area contributed by atoms with Gasteiger partial charge in [0.2, 0.25) is 0 Å². The first kappa shape index (κ1) is 12.9. The van der Waals surface area contributed by atoms with E-state index in [1.807, 2.05) is 10.9 Å². The molecule has 1 aliphatic rings. The Bertz CT molecular complexity index is 553. The number of nitrogens with zero attached hydrogens (tertiary/aromatic N) is 2. The lowest BCUT2D eigenvalue weighted by Crippen LogP contribution is -2.26. The van der Waals surface area contributed by atoms with Crippen molar-refractivity contribution in [2.75, 3.05) is 13.1 Å². The first-order valence-electron chi connectivity index (χ1n) is 6.77. The van der Waals surface area contributed by atoms with Crippen LogP contribution in [-0.2, 0) is 0 Å². The molecule has 1 fully saturated rings. The van der Waals surface area contributed by atoms with Crippen LogP contribution < -0.4 is 5.32 Å². The number of benzene rings is 1. The molecule has 0 saturated carbocycles. The smallest absolute Gasteiger partial charge is 0.0649 e. The molecule has 1 aromatic carbocycles. The Morgan fingerprint density at radius 3 is 2.58 bits per heavy atom. The van der Waals surface area contributed by atoms with Crippen LogP contribution in [0.3, 0.4) is 0 Å². The van der Waals surface area contributed by atoms with E-state index in [-0.39, 0.29) is 0 Å². The van der Waals surface area contributed by atoms with Crippen molar-refractivity contribution < 1.29 is 0 Å². The maximum atomic E-state index is 4.57. The minimum atomic E-state index is 0.658. The van der Waals surface area contributed by atoms with E-state index in [1.54, 1.807) is 0 Å². The molecule has 1 saturated heterocycles. The van der Waals surface area contributed by atoms with Crippen LogP contribution in [0.15, 0.2) is 34.9 Å². The van der Waals surface area contributed by atoms with E-state index in [0.717, 1.165) is 23.2 Å². The summed E-state index contributed by atoms with van der Waals surface area (Å²) in [5, 5.41) is 7.99. The molecule has 2 heterocycles. The minimum Gasteiger partial charge on any atom is -0.317 e. The molecule has 1 aromatic heterocycles. The van der Waals surface area contributed by atoms with Crippen molar-refractivity contribution in [3.8, 4) is 5.69 Å². The molecule has 1 N–H and O–H groups in total. The van der Waals surface area contributed by atoms with E-state index in [4.69, 9.17) is 0 Å². The van der Waals surface area contributed by atoms with Crippen molar-refractivity contribution in [2.45, 2.75) is 25.7 Å². The Morgan fingerprint density at radius 2 is 1.89 bits per heavy atom. The van der Waals surface area contributed by atoms with Gasteiger partial charge in [-0.3, -0.25) is 0 Å². The fourth-order valence-corrected chi connectivity index (χ4v) is 3.06. The summed E-state index contributed by atoms with van der Waals surface area (Å²) in [6, 6.07) is 8.30. The highest BCUT2D eigenvalue weighted by Gasteiger charge is 2.20. The molecule has 0 bridgehead atoms. The van der Waals surface area contributed by atoms with Crippen LogP contribution in [0.2, 0.25) is 0 Å². The third-order valence-electron chi connectivity index (χ3n) is 3.90. The number of nitrogens with one attached hydrogen (secondary N) is 1. The fraction of sp³-hybridized carbons (Fsp3) is 0.400. The van der Waals surface area contributed by atoms with Crippen LogP contribution in [0.25, 0.3) is 5.69 Å². The molecule has 0 amide bonds. The summed E-state index contributed by atoms with van der Waals surface area (Å²) in [5.41, 5.74) is 3.81. The van der Waals surface area contributed by atoms with Crippen molar-refractivity contribution in [3.63, 3.8) is 0 Å². The molecule has 0 aliphatic carbocycles. The number of hydrogen-bond donors (Lipinski definition) is 1. The zero-order chi connectivity index (χ0) is 13.2. The molecule has 3 rings (SSSR count). The van der Waals surface area contributed by atoms with Crippen molar-refractivity contribution in [2.24, 2.45) is 0 Å². The second-order valence-corrected chi connectivity index (χ2v) is 6.01. The van der Waals surface area contributed by atoms with Gasteiger partial charge in [-0.2, -0.15) is 5.10 Å². The second kappa shape index (κ2) is 5.47. The van der Waals surface area contributed by atoms with Crippen LogP contribution in [0, 0.1) is 6.92 Å². The molecular formula is C15H18BrN3. The molecular weight excluding hydrogens is 302 g/mol. The number of rotatable bonds is 2. The molecule has 0 atom stereocenters. The molecule has 0 radical (unpaired) electrons. The Kier molecular flexibility index (Phi) is 3.71. The van der Waals surface area contributed by atoms with E-state index < -0.39 is 0 Å². The monoisotopic (exact) mass is 319 g/mol. The molecule has 100 valence electrons. The minimum absolute atomic E-state index is 0.658. The van der Waals surface area contributed by atoms with Crippen molar-refractivity contribution in [1.29, 1.82) is 0 Å².